The molecule has 0 fully saturated rings. The van der Waals surface area contributed by atoms with E-state index in [1.165, 1.54) is 19.6 Å². The molecule has 107 valence electrons. The van der Waals surface area contributed by atoms with Gasteiger partial charge in [0, 0.05) is 5.56 Å². The quantitative estimate of drug-likeness (QED) is 0.554. The molecule has 2 N–H and O–H groups in total. The van der Waals surface area contributed by atoms with Gasteiger partial charge in [0.15, 0.2) is 5.79 Å². The van der Waals surface area contributed by atoms with Crippen molar-refractivity contribution < 1.29 is 32.3 Å². The summed E-state index contributed by atoms with van der Waals surface area (Å²) in [6.07, 6.45) is 0.292. The molecule has 0 aliphatic carbocycles. The molecule has 1 aromatic carbocycles. The molecule has 1 aromatic rings. The van der Waals surface area contributed by atoms with Crippen LogP contribution in [0.5, 0.6) is 5.75 Å². The van der Waals surface area contributed by atoms with Gasteiger partial charge in [0.25, 0.3) is 0 Å². The number of carboxylic acids is 1. The average molecular weight is 299 g/mol. The maximum Gasteiger partial charge on any atom is 0.334 e. The van der Waals surface area contributed by atoms with Crippen LogP contribution in [0.25, 0.3) is 0 Å². The van der Waals surface area contributed by atoms with Crippen molar-refractivity contribution >= 4 is 29.0 Å². The monoisotopic (exact) mass is 299 g/mol. The summed E-state index contributed by atoms with van der Waals surface area (Å²) < 4.78 is 32.0. The molecule has 9 heteroatoms. The summed E-state index contributed by atoms with van der Waals surface area (Å²) in [5, 5.41) is 19.0. The molecule has 0 aromatic heterocycles. The molecular formula is C11H12BO7S. The predicted octanol–water partition coefficient (Wildman–Crippen LogP) is -0.772. The van der Waals surface area contributed by atoms with E-state index in [1.807, 2.05) is 0 Å². The Morgan fingerprint density at radius 3 is 2.70 bits per heavy atom. The maximum atomic E-state index is 11.1. The van der Waals surface area contributed by atoms with Gasteiger partial charge < -0.3 is 19.1 Å². The highest BCUT2D eigenvalue weighted by Gasteiger charge is 2.42. The third-order valence-corrected chi connectivity index (χ3v) is 3.24. The lowest BCUT2D eigenvalue weighted by molar-refractivity contribution is -0.170. The molecule has 0 saturated heterocycles. The van der Waals surface area contributed by atoms with Crippen molar-refractivity contribution in [2.75, 3.05) is 6.26 Å². The van der Waals surface area contributed by atoms with Crippen LogP contribution >= 0.6 is 0 Å². The summed E-state index contributed by atoms with van der Waals surface area (Å²) in [7, 11) is -2.49. The molecule has 1 aliphatic rings. The lowest BCUT2D eigenvalue weighted by Crippen LogP contribution is -2.30. The zero-order valence-corrected chi connectivity index (χ0v) is 11.6. The van der Waals surface area contributed by atoms with Gasteiger partial charge in [-0.2, -0.15) is 8.42 Å². The number of aliphatic carboxylic acids is 1. The molecule has 0 amide bonds. The van der Waals surface area contributed by atoms with Gasteiger partial charge in [0.1, 0.15) is 12.2 Å². The van der Waals surface area contributed by atoms with E-state index in [2.05, 4.69) is 0 Å². The first-order valence-electron chi connectivity index (χ1n) is 5.60. The Hall–Kier alpha value is -1.58. The van der Waals surface area contributed by atoms with Crippen LogP contribution in [-0.2, 0) is 25.4 Å². The average Bonchev–Trinajstić information content (AvgIpc) is 2.52. The molecule has 1 aliphatic heterocycles. The van der Waals surface area contributed by atoms with Crippen LogP contribution in [-0.4, -0.2) is 38.3 Å². The van der Waals surface area contributed by atoms with Crippen molar-refractivity contribution in [2.45, 2.75) is 19.1 Å². The maximum absolute atomic E-state index is 11.1. The zero-order chi connectivity index (χ0) is 15.1. The highest BCUT2D eigenvalue weighted by atomic mass is 32.2. The fourth-order valence-electron chi connectivity index (χ4n) is 2.18. The van der Waals surface area contributed by atoms with Gasteiger partial charge >= 0.3 is 23.6 Å². The van der Waals surface area contributed by atoms with Gasteiger partial charge in [-0.25, -0.2) is 0 Å². The van der Waals surface area contributed by atoms with E-state index in [0.717, 1.165) is 6.26 Å². The summed E-state index contributed by atoms with van der Waals surface area (Å²) >= 11 is 0. The Morgan fingerprint density at radius 1 is 1.50 bits per heavy atom. The number of benzene rings is 1. The first kappa shape index (κ1) is 14.8. The molecule has 1 radical (unpaired) electrons. The molecule has 20 heavy (non-hydrogen) atoms. The van der Waals surface area contributed by atoms with Gasteiger partial charge in [-0.3, -0.25) is 4.79 Å². The van der Waals surface area contributed by atoms with Gasteiger partial charge in [0.2, 0.25) is 0 Å². The second-order valence-corrected chi connectivity index (χ2v) is 6.16. The van der Waals surface area contributed by atoms with Crippen LogP contribution in [0, 0.1) is 6.92 Å². The van der Waals surface area contributed by atoms with E-state index in [4.69, 9.17) is 13.9 Å². The van der Waals surface area contributed by atoms with E-state index < -0.39 is 28.3 Å². The number of rotatable bonds is 4. The Balaban J connectivity index is 2.44. The molecule has 1 heterocycles. The number of hydrogen-bond donors (Lipinski definition) is 2. The number of aryl methyl sites for hydroxylation is 1. The van der Waals surface area contributed by atoms with E-state index in [9.17, 15) is 18.3 Å². The summed E-state index contributed by atoms with van der Waals surface area (Å²) in [5.74, 6) is -3.10. The second kappa shape index (κ2) is 4.76. The van der Waals surface area contributed by atoms with Crippen LogP contribution in [0.15, 0.2) is 12.1 Å². The number of carboxylic acid groups (broad SMARTS) is 1. The van der Waals surface area contributed by atoms with Crippen molar-refractivity contribution in [3.63, 3.8) is 0 Å². The predicted molar refractivity (Wildman–Crippen MR) is 69.3 cm³/mol. The smallest absolute Gasteiger partial charge is 0.334 e. The number of carbonyl (C=O) groups is 1. The molecule has 7 nitrogen and oxygen atoms in total. The Kier molecular flexibility index (Phi) is 3.53. The van der Waals surface area contributed by atoms with E-state index in [-0.39, 0.29) is 5.75 Å². The van der Waals surface area contributed by atoms with Crippen LogP contribution in [0.3, 0.4) is 0 Å². The standard InChI is InChI=1S/C11H12BO7S/c1-6-3-7(18-20(2,16)17)4-8-10(6)11(15,19-12-8)5-9(13)14/h3-4,15H,5H2,1-2H3,(H,13,14). The molecule has 0 bridgehead atoms. The number of fused-ring (bicyclic) bond motifs is 1. The largest absolute Gasteiger partial charge is 0.481 e. The fraction of sp³-hybridized carbons (Fsp3) is 0.364. The third kappa shape index (κ3) is 2.95. The topological polar surface area (TPSA) is 110 Å². The van der Waals surface area contributed by atoms with E-state index in [0.29, 0.717) is 16.6 Å². The van der Waals surface area contributed by atoms with Crippen LogP contribution in [0.4, 0.5) is 0 Å². The lowest BCUT2D eigenvalue weighted by Gasteiger charge is -2.24. The summed E-state index contributed by atoms with van der Waals surface area (Å²) in [6.45, 7) is 1.60. The van der Waals surface area contributed by atoms with E-state index in [1.54, 1.807) is 6.92 Å². The minimum absolute atomic E-state index is 0.0724. The summed E-state index contributed by atoms with van der Waals surface area (Å²) in [6, 6.07) is 2.76. The first-order chi connectivity index (χ1) is 9.11. The third-order valence-electron chi connectivity index (χ3n) is 2.75. The second-order valence-electron chi connectivity index (χ2n) is 4.58. The van der Waals surface area contributed by atoms with Gasteiger partial charge in [0.05, 0.1) is 6.26 Å². The highest BCUT2D eigenvalue weighted by Crippen LogP contribution is 2.33. The molecule has 0 spiro atoms. The molecule has 1 atom stereocenters. The van der Waals surface area contributed by atoms with Crippen LogP contribution in [0.2, 0.25) is 0 Å². The molecule has 2 rings (SSSR count). The number of hydrogen-bond acceptors (Lipinski definition) is 6. The van der Waals surface area contributed by atoms with Crippen molar-refractivity contribution in [2.24, 2.45) is 0 Å². The zero-order valence-electron chi connectivity index (χ0n) is 10.8. The van der Waals surface area contributed by atoms with Crippen molar-refractivity contribution in [1.29, 1.82) is 0 Å². The van der Waals surface area contributed by atoms with Gasteiger partial charge in [-0.15, -0.1) is 0 Å². The van der Waals surface area contributed by atoms with Crippen LogP contribution < -0.4 is 9.65 Å². The molecule has 1 unspecified atom stereocenters. The van der Waals surface area contributed by atoms with Gasteiger partial charge in [-0.05, 0) is 30.1 Å². The van der Waals surface area contributed by atoms with Crippen molar-refractivity contribution in [1.82, 2.24) is 0 Å². The van der Waals surface area contributed by atoms with Crippen molar-refractivity contribution in [3.8, 4) is 5.75 Å². The normalized spacial score (nSPS) is 21.1. The number of aliphatic hydroxyl groups is 1. The first-order valence-corrected chi connectivity index (χ1v) is 7.42. The Morgan fingerprint density at radius 2 is 2.15 bits per heavy atom. The minimum atomic E-state index is -3.67. The Bertz CT molecular complexity index is 670. The molecule has 0 saturated carbocycles. The van der Waals surface area contributed by atoms with Gasteiger partial charge in [-0.1, -0.05) is 0 Å². The van der Waals surface area contributed by atoms with Crippen molar-refractivity contribution in [3.05, 3.63) is 23.3 Å². The minimum Gasteiger partial charge on any atom is -0.481 e. The Labute approximate surface area is 116 Å². The molecular weight excluding hydrogens is 287 g/mol. The summed E-state index contributed by atoms with van der Waals surface area (Å²) in [5.41, 5.74) is 1.15. The van der Waals surface area contributed by atoms with E-state index >= 15 is 0 Å². The fourth-order valence-corrected chi connectivity index (χ4v) is 2.63. The lowest BCUT2D eigenvalue weighted by atomic mass is 9.83. The highest BCUT2D eigenvalue weighted by molar-refractivity contribution is 7.86. The van der Waals surface area contributed by atoms with Crippen LogP contribution in [0.1, 0.15) is 17.5 Å². The summed E-state index contributed by atoms with van der Waals surface area (Å²) in [4.78, 5) is 10.8. The SMILES string of the molecule is Cc1cc(OS(C)(=O)=O)cc2c1C(O)(CC(=O)O)O[B]2.